The molecule has 0 radical (unpaired) electrons. The summed E-state index contributed by atoms with van der Waals surface area (Å²) in [6, 6.07) is 28.8. The third-order valence-electron chi connectivity index (χ3n) is 7.91. The lowest BCUT2D eigenvalue weighted by molar-refractivity contribution is -0.130. The molecule has 254 valence electrons. The monoisotopic (exact) mass is 702 g/mol. The summed E-state index contributed by atoms with van der Waals surface area (Å²) in [6.07, 6.45) is -0.404. The zero-order valence-electron chi connectivity index (χ0n) is 26.4. The van der Waals surface area contributed by atoms with Gasteiger partial charge < -0.3 is 14.6 Å². The van der Waals surface area contributed by atoms with Crippen LogP contribution in [-0.4, -0.2) is 56.4 Å². The van der Waals surface area contributed by atoms with Gasteiger partial charge >= 0.3 is 0 Å². The number of nitrogens with zero attached hydrogens (tertiary/aromatic N) is 4. The van der Waals surface area contributed by atoms with Gasteiger partial charge in [0.25, 0.3) is 5.91 Å². The van der Waals surface area contributed by atoms with Crippen LogP contribution in [0.2, 0.25) is 5.02 Å². The van der Waals surface area contributed by atoms with Crippen LogP contribution in [0.5, 0.6) is 5.75 Å². The molecule has 5 rings (SSSR count). The van der Waals surface area contributed by atoms with Crippen LogP contribution in [0.3, 0.4) is 0 Å². The standard InChI is InChI=1S/C35H35ClN6O6S/c36-27-15-11-25(12-16-27)19-21-38-41-34(44)35(20-24-49(45,46)29-7-2-1-3-8-29)32(30-9-4-5-10-31(30)40-42-37)48-33(39-35)26-13-17-28(18-14-26)47-23-6-22-43/h1-5,7-18,32,38,43H,6,19-24H2,(H,41,44)/t32-,35-/m0/s1. The summed E-state index contributed by atoms with van der Waals surface area (Å²) in [6.45, 7) is 0.679. The van der Waals surface area contributed by atoms with Crippen molar-refractivity contribution in [2.24, 2.45) is 10.1 Å². The minimum Gasteiger partial charge on any atom is -0.494 e. The quantitative estimate of drug-likeness (QED) is 0.0420. The fraction of sp³-hybridized carbons (Fsp3) is 0.257. The Labute approximate surface area is 289 Å². The lowest BCUT2D eigenvalue weighted by Crippen LogP contribution is -2.53. The van der Waals surface area contributed by atoms with Gasteiger partial charge in [0, 0.05) is 52.7 Å². The topological polar surface area (TPSA) is 175 Å². The molecule has 0 saturated carbocycles. The Bertz CT molecular complexity index is 1920. The van der Waals surface area contributed by atoms with Crippen LogP contribution in [-0.2, 0) is 25.8 Å². The number of rotatable bonds is 16. The highest BCUT2D eigenvalue weighted by molar-refractivity contribution is 7.91. The smallest absolute Gasteiger partial charge is 0.266 e. The molecule has 0 spiro atoms. The van der Waals surface area contributed by atoms with E-state index in [1.807, 2.05) is 12.1 Å². The molecule has 1 amide bonds. The maximum absolute atomic E-state index is 14.4. The highest BCUT2D eigenvalue weighted by Gasteiger charge is 2.54. The zero-order valence-corrected chi connectivity index (χ0v) is 28.0. The summed E-state index contributed by atoms with van der Waals surface area (Å²) in [5.41, 5.74) is 15.3. The summed E-state index contributed by atoms with van der Waals surface area (Å²) in [7, 11) is -3.86. The molecule has 0 unspecified atom stereocenters. The first kappa shape index (κ1) is 35.4. The number of azide groups is 1. The second kappa shape index (κ2) is 16.5. The lowest BCUT2D eigenvalue weighted by atomic mass is 9.84. The van der Waals surface area contributed by atoms with Gasteiger partial charge in [0.15, 0.2) is 21.5 Å². The Morgan fingerprint density at radius 1 is 1.02 bits per heavy atom. The molecule has 0 fully saturated rings. The summed E-state index contributed by atoms with van der Waals surface area (Å²) < 4.78 is 39.2. The summed E-state index contributed by atoms with van der Waals surface area (Å²) >= 11 is 6.01. The van der Waals surface area contributed by atoms with Gasteiger partial charge in [-0.3, -0.25) is 10.2 Å². The third-order valence-corrected chi connectivity index (χ3v) is 9.89. The largest absolute Gasteiger partial charge is 0.494 e. The SMILES string of the molecule is [N-]=[N+]=Nc1ccccc1[C@@H]1OC(c2ccc(OCCCO)cc2)=N[C@]1(CCS(=O)(=O)c1ccccc1)C(=O)NNCCc1ccc(Cl)cc1. The van der Waals surface area contributed by atoms with E-state index in [1.165, 1.54) is 12.1 Å². The van der Waals surface area contributed by atoms with E-state index in [1.54, 1.807) is 78.9 Å². The van der Waals surface area contributed by atoms with E-state index < -0.39 is 33.1 Å². The van der Waals surface area contributed by atoms with Crippen molar-refractivity contribution in [1.82, 2.24) is 10.9 Å². The molecule has 12 nitrogen and oxygen atoms in total. The summed E-state index contributed by atoms with van der Waals surface area (Å²) in [5, 5.41) is 13.5. The van der Waals surface area contributed by atoms with E-state index in [2.05, 4.69) is 20.9 Å². The normalized spacial score (nSPS) is 17.0. The number of aliphatic hydroxyl groups excluding tert-OH is 1. The number of benzene rings is 4. The third kappa shape index (κ3) is 8.77. The Hall–Kier alpha value is -4.91. The maximum atomic E-state index is 14.4. The van der Waals surface area contributed by atoms with Crippen molar-refractivity contribution in [3.8, 4) is 5.75 Å². The van der Waals surface area contributed by atoms with Crippen molar-refractivity contribution in [3.63, 3.8) is 0 Å². The van der Waals surface area contributed by atoms with Gasteiger partial charge in [0.1, 0.15) is 5.75 Å². The van der Waals surface area contributed by atoms with Crippen LogP contribution in [0.1, 0.15) is 35.6 Å². The Kier molecular flexibility index (Phi) is 11.9. The molecular weight excluding hydrogens is 668 g/mol. The van der Waals surface area contributed by atoms with Crippen molar-refractivity contribution in [2.75, 3.05) is 25.5 Å². The molecular formula is C35H35ClN6O6S. The number of carbonyl (C=O) groups excluding carboxylic acids is 1. The van der Waals surface area contributed by atoms with E-state index in [9.17, 15) is 18.7 Å². The second-order valence-electron chi connectivity index (χ2n) is 11.2. The minimum absolute atomic E-state index is 0.00155. The predicted molar refractivity (Wildman–Crippen MR) is 186 cm³/mol. The van der Waals surface area contributed by atoms with Gasteiger partial charge in [-0.2, -0.15) is 0 Å². The molecule has 0 bridgehead atoms. The molecule has 49 heavy (non-hydrogen) atoms. The highest BCUT2D eigenvalue weighted by atomic mass is 35.5. The number of amides is 1. The minimum atomic E-state index is -3.86. The molecule has 14 heteroatoms. The van der Waals surface area contributed by atoms with Crippen molar-refractivity contribution >= 4 is 38.9 Å². The molecule has 4 aromatic rings. The first-order valence-electron chi connectivity index (χ1n) is 15.6. The number of hydrogen-bond acceptors (Lipinski definition) is 9. The number of sulfone groups is 1. The first-order valence-corrected chi connectivity index (χ1v) is 17.6. The molecule has 1 aliphatic heterocycles. The van der Waals surface area contributed by atoms with Gasteiger partial charge in [0.05, 0.1) is 17.3 Å². The van der Waals surface area contributed by atoms with Crippen LogP contribution in [0, 0.1) is 0 Å². The van der Waals surface area contributed by atoms with E-state index in [0.29, 0.717) is 47.9 Å². The molecule has 3 N–H and O–H groups in total. The van der Waals surface area contributed by atoms with Crippen molar-refractivity contribution < 1.29 is 27.8 Å². The number of aliphatic imine (C=N–C) groups is 1. The summed E-state index contributed by atoms with van der Waals surface area (Å²) in [4.78, 5) is 22.3. The predicted octanol–water partition coefficient (Wildman–Crippen LogP) is 6.03. The summed E-state index contributed by atoms with van der Waals surface area (Å²) in [5.74, 6) is -0.417. The van der Waals surface area contributed by atoms with E-state index in [0.717, 1.165) is 5.56 Å². The Morgan fingerprint density at radius 3 is 2.45 bits per heavy atom. The van der Waals surface area contributed by atoms with Crippen molar-refractivity contribution in [1.29, 1.82) is 0 Å². The molecule has 1 aliphatic rings. The number of nitrogens with one attached hydrogen (secondary N) is 2. The Morgan fingerprint density at radius 2 is 1.73 bits per heavy atom. The number of hydrogen-bond donors (Lipinski definition) is 3. The van der Waals surface area contributed by atoms with Gasteiger partial charge in [-0.05, 0) is 66.0 Å². The Balaban J connectivity index is 1.52. The highest BCUT2D eigenvalue weighted by Crippen LogP contribution is 2.45. The van der Waals surface area contributed by atoms with Crippen LogP contribution in [0.15, 0.2) is 118 Å². The first-order chi connectivity index (χ1) is 23.8. The average molecular weight is 703 g/mol. The van der Waals surface area contributed by atoms with Gasteiger partial charge in [-0.15, -0.1) is 0 Å². The molecule has 0 aliphatic carbocycles. The fourth-order valence-electron chi connectivity index (χ4n) is 5.34. The van der Waals surface area contributed by atoms with E-state index in [-0.39, 0.29) is 29.5 Å². The number of aliphatic hydroxyl groups is 1. The van der Waals surface area contributed by atoms with E-state index in [4.69, 9.17) is 31.2 Å². The van der Waals surface area contributed by atoms with E-state index >= 15 is 0 Å². The fourth-order valence-corrected chi connectivity index (χ4v) is 6.85. The van der Waals surface area contributed by atoms with Gasteiger partial charge in [-0.1, -0.05) is 71.3 Å². The number of ether oxygens (including phenoxy) is 2. The molecule has 4 aromatic carbocycles. The maximum Gasteiger partial charge on any atom is 0.266 e. The number of carbonyl (C=O) groups is 1. The van der Waals surface area contributed by atoms with Crippen molar-refractivity contribution in [2.45, 2.75) is 35.8 Å². The molecule has 0 saturated heterocycles. The van der Waals surface area contributed by atoms with Gasteiger partial charge in [0.2, 0.25) is 5.90 Å². The van der Waals surface area contributed by atoms with Crippen LogP contribution < -0.4 is 15.6 Å². The molecule has 0 aromatic heterocycles. The van der Waals surface area contributed by atoms with Gasteiger partial charge in [-0.25, -0.2) is 18.8 Å². The van der Waals surface area contributed by atoms with Crippen molar-refractivity contribution in [3.05, 3.63) is 135 Å². The zero-order chi connectivity index (χ0) is 34.7. The number of hydrazine groups is 1. The molecule has 1 heterocycles. The van der Waals surface area contributed by atoms with Crippen LogP contribution in [0.25, 0.3) is 10.4 Å². The number of halogens is 1. The second-order valence-corrected chi connectivity index (χ2v) is 13.7. The average Bonchev–Trinajstić information content (AvgIpc) is 3.52. The van der Waals surface area contributed by atoms with Crippen LogP contribution >= 0.6 is 11.6 Å². The lowest BCUT2D eigenvalue weighted by Gasteiger charge is -2.31. The molecule has 2 atom stereocenters. The van der Waals surface area contributed by atoms with Crippen LogP contribution in [0.4, 0.5) is 5.69 Å².